The number of fused-ring (bicyclic) bond motifs is 2. The standard InChI is InChI=1S/C27H25ClN2O3S/c1-26(2)17-30(24(31)19-9-12-21(33-3)13-10-19)27(34-26)22-15-20(28)11-14-23(22)29(25(27)32)16-18-7-5-4-6-8-18/h4-15H,16-17H2,1-3H3/t27-/m1/s1. The number of amides is 2. The highest BCUT2D eigenvalue weighted by atomic mass is 35.5. The number of halogens is 1. The van der Waals surface area contributed by atoms with Crippen molar-refractivity contribution in [3.63, 3.8) is 0 Å². The van der Waals surface area contributed by atoms with Gasteiger partial charge in [0.1, 0.15) is 5.75 Å². The second-order valence-electron chi connectivity index (χ2n) is 9.16. The molecule has 0 aromatic heterocycles. The summed E-state index contributed by atoms with van der Waals surface area (Å²) < 4.78 is 4.91. The quantitative estimate of drug-likeness (QED) is 0.467. The average Bonchev–Trinajstić information content (AvgIpc) is 3.25. The summed E-state index contributed by atoms with van der Waals surface area (Å²) >= 11 is 7.95. The molecule has 7 heteroatoms. The minimum Gasteiger partial charge on any atom is -0.497 e. The zero-order valence-electron chi connectivity index (χ0n) is 19.2. The molecule has 2 aliphatic heterocycles. The summed E-state index contributed by atoms with van der Waals surface area (Å²) in [5.41, 5.74) is 3.08. The van der Waals surface area contributed by atoms with E-state index >= 15 is 0 Å². The van der Waals surface area contributed by atoms with Gasteiger partial charge < -0.3 is 14.5 Å². The number of methoxy groups -OCH3 is 1. The van der Waals surface area contributed by atoms with Gasteiger partial charge in [-0.15, -0.1) is 11.8 Å². The molecule has 1 atom stereocenters. The summed E-state index contributed by atoms with van der Waals surface area (Å²) in [6, 6.07) is 22.4. The molecule has 2 heterocycles. The third-order valence-corrected chi connectivity index (χ3v) is 8.09. The van der Waals surface area contributed by atoms with Crippen LogP contribution in [0.5, 0.6) is 5.75 Å². The molecule has 1 fully saturated rings. The Kier molecular flexibility index (Phi) is 5.61. The minimum absolute atomic E-state index is 0.119. The third kappa shape index (κ3) is 3.65. The van der Waals surface area contributed by atoms with Crippen LogP contribution in [-0.4, -0.2) is 35.1 Å². The molecule has 1 spiro atoms. The van der Waals surface area contributed by atoms with Crippen molar-refractivity contribution in [3.05, 3.63) is 94.5 Å². The number of carbonyl (C=O) groups is 2. The molecule has 2 aliphatic rings. The fourth-order valence-electron chi connectivity index (χ4n) is 4.79. The van der Waals surface area contributed by atoms with Gasteiger partial charge in [-0.3, -0.25) is 9.59 Å². The number of ether oxygens (including phenoxy) is 1. The molecule has 0 aliphatic carbocycles. The van der Waals surface area contributed by atoms with E-state index in [-0.39, 0.29) is 16.6 Å². The number of hydrogen-bond acceptors (Lipinski definition) is 4. The lowest BCUT2D eigenvalue weighted by molar-refractivity contribution is -0.123. The van der Waals surface area contributed by atoms with E-state index in [9.17, 15) is 9.59 Å². The van der Waals surface area contributed by atoms with Crippen LogP contribution in [0.3, 0.4) is 0 Å². The van der Waals surface area contributed by atoms with Crippen LogP contribution in [0.25, 0.3) is 0 Å². The molecule has 3 aromatic rings. The Morgan fingerprint density at radius 1 is 1.06 bits per heavy atom. The van der Waals surface area contributed by atoms with Gasteiger partial charge in [-0.25, -0.2) is 0 Å². The number of thioether (sulfide) groups is 1. The molecule has 5 nitrogen and oxygen atoms in total. The van der Waals surface area contributed by atoms with E-state index < -0.39 is 4.87 Å². The Morgan fingerprint density at radius 3 is 2.44 bits per heavy atom. The van der Waals surface area contributed by atoms with Crippen molar-refractivity contribution >= 4 is 40.9 Å². The highest BCUT2D eigenvalue weighted by Crippen LogP contribution is 2.60. The average molecular weight is 493 g/mol. The van der Waals surface area contributed by atoms with Crippen molar-refractivity contribution in [2.45, 2.75) is 30.0 Å². The van der Waals surface area contributed by atoms with E-state index in [1.807, 2.05) is 42.5 Å². The molecule has 1 saturated heterocycles. The second-order valence-corrected chi connectivity index (χ2v) is 11.5. The fraction of sp³-hybridized carbons (Fsp3) is 0.259. The van der Waals surface area contributed by atoms with Gasteiger partial charge in [0, 0.05) is 27.4 Å². The van der Waals surface area contributed by atoms with Crippen molar-refractivity contribution in [3.8, 4) is 5.75 Å². The molecule has 0 unspecified atom stereocenters. The van der Waals surface area contributed by atoms with Crippen molar-refractivity contribution in [2.24, 2.45) is 0 Å². The Bertz CT molecular complexity index is 1260. The second kappa shape index (κ2) is 8.36. The third-order valence-electron chi connectivity index (χ3n) is 6.26. The smallest absolute Gasteiger partial charge is 0.268 e. The Labute approximate surface area is 208 Å². The molecule has 5 rings (SSSR count). The first-order chi connectivity index (χ1) is 16.2. The van der Waals surface area contributed by atoms with Crippen LogP contribution >= 0.6 is 23.4 Å². The maximum Gasteiger partial charge on any atom is 0.268 e. The fourth-order valence-corrected chi connectivity index (χ4v) is 6.68. The molecule has 0 saturated carbocycles. The molecule has 174 valence electrons. The van der Waals surface area contributed by atoms with Crippen molar-refractivity contribution < 1.29 is 14.3 Å². The molecule has 34 heavy (non-hydrogen) atoms. The number of anilines is 1. The monoisotopic (exact) mass is 492 g/mol. The number of hydrogen-bond donors (Lipinski definition) is 0. The minimum atomic E-state index is -1.18. The normalized spacial score (nSPS) is 20.6. The van der Waals surface area contributed by atoms with E-state index in [1.54, 1.807) is 47.2 Å². The van der Waals surface area contributed by atoms with Crippen molar-refractivity contribution in [2.75, 3.05) is 18.6 Å². The number of benzene rings is 3. The van der Waals surface area contributed by atoms with Crippen LogP contribution in [0.1, 0.15) is 35.3 Å². The summed E-state index contributed by atoms with van der Waals surface area (Å²) in [5.74, 6) is 0.359. The summed E-state index contributed by atoms with van der Waals surface area (Å²) in [6.07, 6.45) is 0. The van der Waals surface area contributed by atoms with Crippen LogP contribution in [0.2, 0.25) is 5.02 Å². The molecule has 0 radical (unpaired) electrons. The highest BCUT2D eigenvalue weighted by molar-refractivity contribution is 8.02. The van der Waals surface area contributed by atoms with E-state index in [0.717, 1.165) is 16.8 Å². The van der Waals surface area contributed by atoms with Gasteiger partial charge in [0.05, 0.1) is 19.3 Å². The first kappa shape index (κ1) is 22.8. The topological polar surface area (TPSA) is 49.9 Å². The van der Waals surface area contributed by atoms with Crippen molar-refractivity contribution in [1.82, 2.24) is 4.90 Å². The van der Waals surface area contributed by atoms with Gasteiger partial charge in [0.25, 0.3) is 11.8 Å². The lowest BCUT2D eigenvalue weighted by Crippen LogP contribution is -2.50. The molecular formula is C27H25ClN2O3S. The van der Waals surface area contributed by atoms with Crippen LogP contribution in [0, 0.1) is 0 Å². The lowest BCUT2D eigenvalue weighted by atomic mass is 10.0. The SMILES string of the molecule is COc1ccc(C(=O)N2CC(C)(C)S[C@]23C(=O)N(Cc2ccccc2)c2ccc(Cl)cc23)cc1. The van der Waals surface area contributed by atoms with Crippen molar-refractivity contribution in [1.29, 1.82) is 0 Å². The van der Waals surface area contributed by atoms with E-state index in [1.165, 1.54) is 11.8 Å². The van der Waals surface area contributed by atoms with Gasteiger partial charge in [-0.05, 0) is 61.9 Å². The Balaban J connectivity index is 1.63. The van der Waals surface area contributed by atoms with Gasteiger partial charge >= 0.3 is 0 Å². The first-order valence-electron chi connectivity index (χ1n) is 11.1. The number of nitrogens with zero attached hydrogens (tertiary/aromatic N) is 2. The van der Waals surface area contributed by atoms with Gasteiger partial charge in [0.15, 0.2) is 4.87 Å². The summed E-state index contributed by atoms with van der Waals surface area (Å²) in [7, 11) is 1.59. The van der Waals surface area contributed by atoms with Crippen LogP contribution < -0.4 is 9.64 Å². The van der Waals surface area contributed by atoms with Crippen LogP contribution in [0.4, 0.5) is 5.69 Å². The predicted octanol–water partition coefficient (Wildman–Crippen LogP) is 5.72. The lowest BCUT2D eigenvalue weighted by Gasteiger charge is -2.33. The first-order valence-corrected chi connectivity index (χ1v) is 12.3. The van der Waals surface area contributed by atoms with Gasteiger partial charge in [0.2, 0.25) is 0 Å². The number of carbonyl (C=O) groups excluding carboxylic acids is 2. The molecule has 0 N–H and O–H groups in total. The molecular weight excluding hydrogens is 468 g/mol. The zero-order valence-corrected chi connectivity index (χ0v) is 20.8. The zero-order chi connectivity index (χ0) is 24.1. The summed E-state index contributed by atoms with van der Waals surface area (Å²) in [5, 5.41) is 0.537. The predicted molar refractivity (Wildman–Crippen MR) is 136 cm³/mol. The van der Waals surface area contributed by atoms with E-state index in [0.29, 0.717) is 29.4 Å². The Hall–Kier alpha value is -2.96. The van der Waals surface area contributed by atoms with Crippen LogP contribution in [-0.2, 0) is 16.2 Å². The van der Waals surface area contributed by atoms with Gasteiger partial charge in [-0.1, -0.05) is 41.9 Å². The Morgan fingerprint density at radius 2 is 1.76 bits per heavy atom. The maximum absolute atomic E-state index is 14.3. The molecule has 2 amide bonds. The van der Waals surface area contributed by atoms with Crippen LogP contribution in [0.15, 0.2) is 72.8 Å². The summed E-state index contributed by atoms with van der Waals surface area (Å²) in [4.78, 5) is 30.5. The molecule has 0 bridgehead atoms. The summed E-state index contributed by atoms with van der Waals surface area (Å²) in [6.45, 7) is 4.98. The highest BCUT2D eigenvalue weighted by Gasteiger charge is 2.63. The maximum atomic E-state index is 14.3. The largest absolute Gasteiger partial charge is 0.497 e. The molecule has 3 aromatic carbocycles. The van der Waals surface area contributed by atoms with E-state index in [2.05, 4.69) is 13.8 Å². The number of rotatable bonds is 4. The van der Waals surface area contributed by atoms with Gasteiger partial charge in [-0.2, -0.15) is 0 Å². The van der Waals surface area contributed by atoms with E-state index in [4.69, 9.17) is 16.3 Å².